The van der Waals surface area contributed by atoms with Gasteiger partial charge in [-0.25, -0.2) is 0 Å². The standard InChI is InChI=1S/C30H33NO6/c32-24-16-25-27(31-30(24)33)29(36-19-23-14-8-3-9-15-23)28(35-18-22-12-6-2-7-13-22)26(37-25)20-34-17-21-10-4-1-5-11-21/h1-15,24-29,32H,16-20H2,(H,31,33)/t24-,25-,26+,27-,28-,29+/m0/s1. The van der Waals surface area contributed by atoms with Crippen LogP contribution in [-0.4, -0.2) is 54.2 Å². The van der Waals surface area contributed by atoms with E-state index < -0.39 is 42.5 Å². The van der Waals surface area contributed by atoms with Crippen LogP contribution >= 0.6 is 0 Å². The van der Waals surface area contributed by atoms with E-state index in [2.05, 4.69) is 5.32 Å². The van der Waals surface area contributed by atoms with E-state index in [9.17, 15) is 9.90 Å². The van der Waals surface area contributed by atoms with E-state index in [1.165, 1.54) is 0 Å². The van der Waals surface area contributed by atoms with Gasteiger partial charge in [0.2, 0.25) is 5.91 Å². The maximum atomic E-state index is 12.4. The molecular formula is C30H33NO6. The van der Waals surface area contributed by atoms with Crippen molar-refractivity contribution in [3.63, 3.8) is 0 Å². The van der Waals surface area contributed by atoms with Gasteiger partial charge in [-0.3, -0.25) is 4.79 Å². The van der Waals surface area contributed by atoms with Crippen molar-refractivity contribution in [2.75, 3.05) is 6.61 Å². The van der Waals surface area contributed by atoms with Crippen LogP contribution in [-0.2, 0) is 43.6 Å². The number of amides is 1. The molecule has 0 bridgehead atoms. The van der Waals surface area contributed by atoms with Gasteiger partial charge in [-0.15, -0.1) is 0 Å². The maximum absolute atomic E-state index is 12.4. The van der Waals surface area contributed by atoms with Gasteiger partial charge in [0.25, 0.3) is 0 Å². The van der Waals surface area contributed by atoms with Crippen molar-refractivity contribution >= 4 is 5.91 Å². The van der Waals surface area contributed by atoms with Crippen LogP contribution in [0.1, 0.15) is 23.1 Å². The number of aliphatic hydroxyl groups is 1. The Hall–Kier alpha value is -3.07. The first-order valence-corrected chi connectivity index (χ1v) is 12.7. The van der Waals surface area contributed by atoms with Crippen molar-refractivity contribution in [3.05, 3.63) is 108 Å². The average Bonchev–Trinajstić information content (AvgIpc) is 2.93. The van der Waals surface area contributed by atoms with E-state index in [1.54, 1.807) is 0 Å². The number of hydrogen-bond donors (Lipinski definition) is 2. The van der Waals surface area contributed by atoms with E-state index in [1.807, 2.05) is 91.0 Å². The van der Waals surface area contributed by atoms with E-state index in [-0.39, 0.29) is 13.0 Å². The largest absolute Gasteiger partial charge is 0.383 e. The number of benzene rings is 3. The molecular weight excluding hydrogens is 470 g/mol. The maximum Gasteiger partial charge on any atom is 0.249 e. The van der Waals surface area contributed by atoms with Gasteiger partial charge in [0.05, 0.1) is 38.6 Å². The van der Waals surface area contributed by atoms with Gasteiger partial charge >= 0.3 is 0 Å². The number of hydrogen-bond acceptors (Lipinski definition) is 6. The Morgan fingerprint density at radius 3 is 1.84 bits per heavy atom. The minimum absolute atomic E-state index is 0.197. The third-order valence-corrected chi connectivity index (χ3v) is 6.83. The number of fused-ring (bicyclic) bond motifs is 1. The number of carbonyl (C=O) groups is 1. The molecule has 3 aromatic carbocycles. The van der Waals surface area contributed by atoms with Gasteiger partial charge in [-0.2, -0.15) is 0 Å². The van der Waals surface area contributed by atoms with E-state index in [0.717, 1.165) is 16.7 Å². The topological polar surface area (TPSA) is 86.3 Å². The molecule has 2 aliphatic rings. The number of nitrogens with one attached hydrogen (secondary N) is 1. The van der Waals surface area contributed by atoms with Crippen LogP contribution in [0.5, 0.6) is 0 Å². The van der Waals surface area contributed by atoms with Crippen LogP contribution in [0.4, 0.5) is 0 Å². The van der Waals surface area contributed by atoms with E-state index in [0.29, 0.717) is 19.8 Å². The lowest BCUT2D eigenvalue weighted by molar-refractivity contribution is -0.241. The lowest BCUT2D eigenvalue weighted by atomic mass is 9.86. The summed E-state index contributed by atoms with van der Waals surface area (Å²) in [5, 5.41) is 13.2. The molecule has 0 unspecified atom stereocenters. The summed E-state index contributed by atoms with van der Waals surface area (Å²) in [5.41, 5.74) is 3.11. The van der Waals surface area contributed by atoms with Crippen molar-refractivity contribution in [2.45, 2.75) is 62.8 Å². The van der Waals surface area contributed by atoms with Crippen molar-refractivity contribution in [1.29, 1.82) is 0 Å². The molecule has 194 valence electrons. The second-order valence-corrected chi connectivity index (χ2v) is 9.52. The summed E-state index contributed by atoms with van der Waals surface area (Å²) >= 11 is 0. The molecule has 37 heavy (non-hydrogen) atoms. The summed E-state index contributed by atoms with van der Waals surface area (Å²) in [6.45, 7) is 1.45. The quantitative estimate of drug-likeness (QED) is 0.441. The molecule has 0 saturated carbocycles. The van der Waals surface area contributed by atoms with Gasteiger partial charge in [0, 0.05) is 6.42 Å². The average molecular weight is 504 g/mol. The summed E-state index contributed by atoms with van der Waals surface area (Å²) in [6, 6.07) is 29.3. The first-order valence-electron chi connectivity index (χ1n) is 12.7. The van der Waals surface area contributed by atoms with Crippen LogP contribution < -0.4 is 5.32 Å². The molecule has 0 aromatic heterocycles. The first-order chi connectivity index (χ1) is 18.2. The zero-order valence-corrected chi connectivity index (χ0v) is 20.6. The molecule has 2 saturated heterocycles. The molecule has 2 aliphatic heterocycles. The Kier molecular flexibility index (Phi) is 8.61. The fourth-order valence-corrected chi connectivity index (χ4v) is 4.91. The fraction of sp³-hybridized carbons (Fsp3) is 0.367. The molecule has 2 fully saturated rings. The summed E-state index contributed by atoms with van der Waals surface area (Å²) in [4.78, 5) is 12.4. The number of rotatable bonds is 10. The van der Waals surface area contributed by atoms with Gasteiger partial charge in [-0.05, 0) is 16.7 Å². The Morgan fingerprint density at radius 1 is 0.757 bits per heavy atom. The number of carbonyl (C=O) groups excluding carboxylic acids is 1. The van der Waals surface area contributed by atoms with Crippen molar-refractivity contribution in [2.24, 2.45) is 0 Å². The smallest absolute Gasteiger partial charge is 0.249 e. The van der Waals surface area contributed by atoms with Crippen LogP contribution in [0, 0.1) is 0 Å². The Labute approximate surface area is 217 Å². The molecule has 7 nitrogen and oxygen atoms in total. The van der Waals surface area contributed by atoms with E-state index in [4.69, 9.17) is 18.9 Å². The molecule has 5 rings (SSSR count). The molecule has 0 aliphatic carbocycles. The number of ether oxygens (including phenoxy) is 4. The zero-order valence-electron chi connectivity index (χ0n) is 20.6. The number of piperidine rings is 1. The van der Waals surface area contributed by atoms with Crippen molar-refractivity contribution in [1.82, 2.24) is 5.32 Å². The molecule has 2 N–H and O–H groups in total. The SMILES string of the molecule is O=C1N[C@@H]2[C@@H](OCc3ccccc3)[C@@H](OCc3ccccc3)[C@@H](COCc3ccccc3)O[C@H]2C[C@@H]1O. The third kappa shape index (κ3) is 6.63. The summed E-state index contributed by atoms with van der Waals surface area (Å²) < 4.78 is 25.4. The summed E-state index contributed by atoms with van der Waals surface area (Å²) in [7, 11) is 0. The van der Waals surface area contributed by atoms with Gasteiger partial charge < -0.3 is 29.4 Å². The van der Waals surface area contributed by atoms with E-state index >= 15 is 0 Å². The highest BCUT2D eigenvalue weighted by Crippen LogP contribution is 2.32. The first kappa shape index (κ1) is 25.6. The monoisotopic (exact) mass is 503 g/mol. The van der Waals surface area contributed by atoms with Crippen LogP contribution in [0.2, 0.25) is 0 Å². The summed E-state index contributed by atoms with van der Waals surface area (Å²) in [5.74, 6) is -0.418. The molecule has 3 aromatic rings. The van der Waals surface area contributed by atoms with Gasteiger partial charge in [0.15, 0.2) is 0 Å². The highest BCUT2D eigenvalue weighted by Gasteiger charge is 2.51. The van der Waals surface area contributed by atoms with Crippen LogP contribution in [0.25, 0.3) is 0 Å². The second kappa shape index (κ2) is 12.4. The Morgan fingerprint density at radius 2 is 1.27 bits per heavy atom. The molecule has 0 radical (unpaired) electrons. The van der Waals surface area contributed by atoms with Crippen LogP contribution in [0.15, 0.2) is 91.0 Å². The molecule has 1 amide bonds. The lowest BCUT2D eigenvalue weighted by Gasteiger charge is -2.49. The third-order valence-electron chi connectivity index (χ3n) is 6.83. The molecule has 0 spiro atoms. The summed E-state index contributed by atoms with van der Waals surface area (Å²) in [6.07, 6.45) is -2.79. The Bertz CT molecular complexity index is 1110. The minimum atomic E-state index is -1.12. The van der Waals surface area contributed by atoms with Crippen LogP contribution in [0.3, 0.4) is 0 Å². The Balaban J connectivity index is 1.36. The van der Waals surface area contributed by atoms with Crippen molar-refractivity contribution < 1.29 is 28.8 Å². The highest BCUT2D eigenvalue weighted by molar-refractivity contribution is 5.82. The zero-order chi connectivity index (χ0) is 25.5. The molecule has 7 heteroatoms. The van der Waals surface area contributed by atoms with Gasteiger partial charge in [0.1, 0.15) is 24.4 Å². The lowest BCUT2D eigenvalue weighted by Crippen LogP contribution is -2.69. The highest BCUT2D eigenvalue weighted by atomic mass is 16.6. The predicted molar refractivity (Wildman–Crippen MR) is 137 cm³/mol. The van der Waals surface area contributed by atoms with Crippen molar-refractivity contribution in [3.8, 4) is 0 Å². The minimum Gasteiger partial charge on any atom is -0.383 e. The second-order valence-electron chi connectivity index (χ2n) is 9.52. The molecule has 2 heterocycles. The number of aliphatic hydroxyl groups excluding tert-OH is 1. The van der Waals surface area contributed by atoms with Gasteiger partial charge in [-0.1, -0.05) is 91.0 Å². The predicted octanol–water partition coefficient (Wildman–Crippen LogP) is 3.39. The molecule has 6 atom stereocenters. The normalized spacial score (nSPS) is 27.3. The fourth-order valence-electron chi connectivity index (χ4n) is 4.91.